The Morgan fingerprint density at radius 3 is 2.55 bits per heavy atom. The van der Waals surface area contributed by atoms with E-state index in [9.17, 15) is 22.8 Å². The van der Waals surface area contributed by atoms with E-state index in [4.69, 9.17) is 0 Å². The minimum absolute atomic E-state index is 0.111. The molecule has 1 aromatic carbocycles. The van der Waals surface area contributed by atoms with E-state index in [2.05, 4.69) is 20.3 Å². The molecule has 40 heavy (non-hydrogen) atoms. The first-order chi connectivity index (χ1) is 19.4. The van der Waals surface area contributed by atoms with Crippen molar-refractivity contribution in [2.75, 3.05) is 5.32 Å². The Hall–Kier alpha value is -4.73. The number of benzene rings is 1. The molecule has 1 amide bonds. The number of nitrogens with one attached hydrogen (secondary N) is 2. The fourth-order valence-electron chi connectivity index (χ4n) is 4.98. The van der Waals surface area contributed by atoms with E-state index in [0.717, 1.165) is 25.0 Å². The van der Waals surface area contributed by atoms with Gasteiger partial charge in [-0.15, -0.1) is 0 Å². The molecule has 0 spiro atoms. The van der Waals surface area contributed by atoms with Crippen molar-refractivity contribution in [3.63, 3.8) is 0 Å². The first-order valence-corrected chi connectivity index (χ1v) is 12.9. The van der Waals surface area contributed by atoms with Crippen LogP contribution in [0.2, 0.25) is 0 Å². The van der Waals surface area contributed by atoms with Gasteiger partial charge in [0.1, 0.15) is 11.6 Å². The summed E-state index contributed by atoms with van der Waals surface area (Å²) in [5.74, 6) is -2.28. The number of carbonyl (C=O) groups is 1. The Labute approximate surface area is 226 Å². The number of aromatic nitrogens is 4. The average molecular weight is 544 g/mol. The molecule has 7 nitrogen and oxygen atoms in total. The molecule has 6 rings (SSSR count). The molecule has 1 atom stereocenters. The van der Waals surface area contributed by atoms with Crippen LogP contribution in [-0.2, 0) is 4.79 Å². The number of hydrogen-bond acceptors (Lipinski definition) is 4. The average Bonchev–Trinajstić information content (AvgIpc) is 3.72. The third-order valence-corrected chi connectivity index (χ3v) is 7.04. The summed E-state index contributed by atoms with van der Waals surface area (Å²) in [4.78, 5) is 38.7. The van der Waals surface area contributed by atoms with Gasteiger partial charge in [-0.1, -0.05) is 18.2 Å². The third-order valence-electron chi connectivity index (χ3n) is 7.04. The Kier molecular flexibility index (Phi) is 6.67. The van der Waals surface area contributed by atoms with E-state index in [0.29, 0.717) is 33.4 Å². The molecular formula is C30H24F3N5O2. The topological polar surface area (TPSA) is 92.7 Å². The molecule has 5 aromatic rings. The molecule has 0 bridgehead atoms. The summed E-state index contributed by atoms with van der Waals surface area (Å²) in [6.07, 6.45) is 3.38. The standard InChI is InChI=1S/C30H24F3N5O2/c31-19-6-4-17(5-7-19)21(16-24(32)33)29(39)37-25-15-18(10-13-35-25)28-26(22-3-1-2-12-34-22)27-23(36-28)11-14-38(30(27)40)20-8-9-20/h1-7,10-15,20-21,24,36H,8-9,16H2,(H,35,37,39)/t21-/m1/s1. The highest BCUT2D eigenvalue weighted by Crippen LogP contribution is 2.38. The molecule has 0 unspecified atom stereocenters. The fraction of sp³-hybridized carbons (Fsp3) is 0.200. The minimum atomic E-state index is -2.74. The number of halogens is 3. The molecule has 10 heteroatoms. The summed E-state index contributed by atoms with van der Waals surface area (Å²) in [7, 11) is 0. The molecule has 0 radical (unpaired) electrons. The molecule has 4 aromatic heterocycles. The number of alkyl halides is 2. The normalized spacial score (nSPS) is 14.0. The predicted molar refractivity (Wildman–Crippen MR) is 146 cm³/mol. The van der Waals surface area contributed by atoms with Gasteiger partial charge in [0.05, 0.1) is 28.2 Å². The fourth-order valence-corrected chi connectivity index (χ4v) is 4.98. The summed E-state index contributed by atoms with van der Waals surface area (Å²) in [6.45, 7) is 0. The smallest absolute Gasteiger partial charge is 0.260 e. The van der Waals surface area contributed by atoms with E-state index in [1.54, 1.807) is 35.2 Å². The maximum Gasteiger partial charge on any atom is 0.260 e. The molecule has 1 aliphatic rings. The second kappa shape index (κ2) is 10.4. The molecule has 202 valence electrons. The first-order valence-electron chi connectivity index (χ1n) is 12.9. The van der Waals surface area contributed by atoms with E-state index < -0.39 is 30.5 Å². The van der Waals surface area contributed by atoms with Gasteiger partial charge in [0, 0.05) is 42.2 Å². The lowest BCUT2D eigenvalue weighted by Gasteiger charge is -2.17. The van der Waals surface area contributed by atoms with Gasteiger partial charge in [-0.25, -0.2) is 18.2 Å². The SMILES string of the molecule is O=C(Nc1cc(-c2[nH]c3ccn(C4CC4)c(=O)c3c2-c2ccccn2)ccn1)[C@H](CC(F)F)c1ccc(F)cc1. The van der Waals surface area contributed by atoms with Crippen molar-refractivity contribution >= 4 is 22.6 Å². The number of carbonyl (C=O) groups excluding carboxylic acids is 1. The zero-order chi connectivity index (χ0) is 27.8. The van der Waals surface area contributed by atoms with Crippen LogP contribution < -0.4 is 10.9 Å². The van der Waals surface area contributed by atoms with Crippen LogP contribution in [-0.4, -0.2) is 31.9 Å². The highest BCUT2D eigenvalue weighted by atomic mass is 19.3. The highest BCUT2D eigenvalue weighted by Gasteiger charge is 2.28. The first kappa shape index (κ1) is 25.5. The number of nitrogens with zero attached hydrogens (tertiary/aromatic N) is 3. The molecule has 1 saturated carbocycles. The van der Waals surface area contributed by atoms with Crippen molar-refractivity contribution in [1.82, 2.24) is 19.5 Å². The third kappa shape index (κ3) is 5.00. The molecule has 0 aliphatic heterocycles. The van der Waals surface area contributed by atoms with Crippen molar-refractivity contribution < 1.29 is 18.0 Å². The number of anilines is 1. The summed E-state index contributed by atoms with van der Waals surface area (Å²) in [5, 5.41) is 3.15. The second-order valence-electron chi connectivity index (χ2n) is 9.79. The van der Waals surface area contributed by atoms with Gasteiger partial charge in [0.2, 0.25) is 12.3 Å². The van der Waals surface area contributed by atoms with Gasteiger partial charge >= 0.3 is 0 Å². The summed E-state index contributed by atoms with van der Waals surface area (Å²) < 4.78 is 41.9. The van der Waals surface area contributed by atoms with Gasteiger partial charge in [0.15, 0.2) is 0 Å². The van der Waals surface area contributed by atoms with Crippen molar-refractivity contribution in [3.05, 3.63) is 101 Å². The molecular weight excluding hydrogens is 519 g/mol. The van der Waals surface area contributed by atoms with Crippen LogP contribution in [0.25, 0.3) is 33.4 Å². The number of rotatable bonds is 8. The Morgan fingerprint density at radius 2 is 1.85 bits per heavy atom. The number of fused-ring (bicyclic) bond motifs is 1. The molecule has 0 saturated heterocycles. The quantitative estimate of drug-likeness (QED) is 0.240. The number of pyridine rings is 3. The zero-order valence-corrected chi connectivity index (χ0v) is 21.2. The maximum atomic E-state index is 13.5. The summed E-state index contributed by atoms with van der Waals surface area (Å²) >= 11 is 0. The van der Waals surface area contributed by atoms with Crippen molar-refractivity contribution in [3.8, 4) is 22.5 Å². The number of hydrogen-bond donors (Lipinski definition) is 2. The Bertz CT molecular complexity index is 1750. The molecule has 4 heterocycles. The van der Waals surface area contributed by atoms with Crippen molar-refractivity contribution in [1.29, 1.82) is 0 Å². The van der Waals surface area contributed by atoms with Gasteiger partial charge < -0.3 is 14.9 Å². The number of aromatic amines is 1. The lowest BCUT2D eigenvalue weighted by atomic mass is 9.95. The second-order valence-corrected chi connectivity index (χ2v) is 9.79. The Balaban J connectivity index is 1.40. The van der Waals surface area contributed by atoms with Gasteiger partial charge in [-0.2, -0.15) is 0 Å². The lowest BCUT2D eigenvalue weighted by molar-refractivity contribution is -0.118. The summed E-state index contributed by atoms with van der Waals surface area (Å²) in [6, 6.07) is 15.8. The van der Waals surface area contributed by atoms with Crippen LogP contribution in [0, 0.1) is 5.82 Å². The van der Waals surface area contributed by atoms with Crippen LogP contribution in [0.15, 0.2) is 84.0 Å². The molecule has 2 N–H and O–H groups in total. The van der Waals surface area contributed by atoms with Gasteiger partial charge in [-0.05, 0) is 60.9 Å². The Morgan fingerprint density at radius 1 is 1.05 bits per heavy atom. The van der Waals surface area contributed by atoms with Crippen LogP contribution in [0.4, 0.5) is 19.0 Å². The van der Waals surface area contributed by atoms with E-state index >= 15 is 0 Å². The van der Waals surface area contributed by atoms with E-state index in [1.165, 1.54) is 18.3 Å². The summed E-state index contributed by atoms with van der Waals surface area (Å²) in [5.41, 5.74) is 3.26. The van der Waals surface area contributed by atoms with Crippen LogP contribution >= 0.6 is 0 Å². The largest absolute Gasteiger partial charge is 0.354 e. The molecule has 1 fully saturated rings. The number of amides is 1. The zero-order valence-electron chi connectivity index (χ0n) is 21.2. The van der Waals surface area contributed by atoms with E-state index in [1.807, 2.05) is 18.2 Å². The number of H-pyrrole nitrogens is 1. The predicted octanol–water partition coefficient (Wildman–Crippen LogP) is 6.31. The van der Waals surface area contributed by atoms with Crippen LogP contribution in [0.1, 0.15) is 36.8 Å². The van der Waals surface area contributed by atoms with Crippen LogP contribution in [0.5, 0.6) is 0 Å². The maximum absolute atomic E-state index is 13.5. The van der Waals surface area contributed by atoms with Gasteiger partial charge in [0.25, 0.3) is 5.56 Å². The highest BCUT2D eigenvalue weighted by molar-refractivity contribution is 6.03. The van der Waals surface area contributed by atoms with E-state index in [-0.39, 0.29) is 23.0 Å². The molecule has 1 aliphatic carbocycles. The van der Waals surface area contributed by atoms with Crippen molar-refractivity contribution in [2.45, 2.75) is 37.6 Å². The van der Waals surface area contributed by atoms with Crippen molar-refractivity contribution in [2.24, 2.45) is 0 Å². The minimum Gasteiger partial charge on any atom is -0.354 e. The monoisotopic (exact) mass is 543 g/mol. The van der Waals surface area contributed by atoms with Crippen LogP contribution in [0.3, 0.4) is 0 Å². The lowest BCUT2D eigenvalue weighted by Crippen LogP contribution is -2.23. The van der Waals surface area contributed by atoms with Gasteiger partial charge in [-0.3, -0.25) is 14.6 Å².